The van der Waals surface area contributed by atoms with Crippen LogP contribution in [0.15, 0.2) is 30.3 Å². The zero-order chi connectivity index (χ0) is 31.6. The summed E-state index contributed by atoms with van der Waals surface area (Å²) in [5.74, 6) is -0.346. The SMILES string of the molecule is [B]C([B])([B])NC(=O)c1nnc(NC(=O)C2CC2)cc1Nc1cccc(-c2cc(C(=O)NCC3CCN(C)C3)n(C)n2)c1OC. The third-order valence-electron chi connectivity index (χ3n) is 7.46. The molecule has 0 spiro atoms. The highest BCUT2D eigenvalue weighted by atomic mass is 16.5. The number of amides is 3. The second-order valence-corrected chi connectivity index (χ2v) is 11.3. The molecule has 1 saturated heterocycles. The number of carbonyl (C=O) groups excluding carboxylic acids is 3. The van der Waals surface area contributed by atoms with Gasteiger partial charge in [-0.1, -0.05) is 11.3 Å². The number of benzene rings is 1. The maximum atomic E-state index is 13.0. The summed E-state index contributed by atoms with van der Waals surface area (Å²) in [6.07, 6.45) is 2.64. The zero-order valence-electron chi connectivity index (χ0n) is 24.9. The summed E-state index contributed by atoms with van der Waals surface area (Å²) in [6, 6.07) is 8.44. The molecule has 1 aromatic carbocycles. The molecule has 3 heterocycles. The molecular formula is C28H32B3N9O4. The maximum Gasteiger partial charge on any atom is 0.272 e. The van der Waals surface area contributed by atoms with Crippen molar-refractivity contribution in [1.29, 1.82) is 0 Å². The Hall–Kier alpha value is -4.33. The van der Waals surface area contributed by atoms with E-state index in [1.807, 2.05) is 0 Å². The number of nitrogens with zero attached hydrogens (tertiary/aromatic N) is 5. The van der Waals surface area contributed by atoms with Crippen LogP contribution in [0.2, 0.25) is 0 Å². The molecule has 2 fully saturated rings. The Morgan fingerprint density at radius 3 is 2.48 bits per heavy atom. The van der Waals surface area contributed by atoms with Crippen LogP contribution in [0.25, 0.3) is 11.3 Å². The maximum absolute atomic E-state index is 13.0. The van der Waals surface area contributed by atoms with Crippen molar-refractivity contribution in [2.24, 2.45) is 18.9 Å². The van der Waals surface area contributed by atoms with Crippen molar-refractivity contribution in [3.63, 3.8) is 0 Å². The number of carbonyl (C=O) groups is 3. The Kier molecular flexibility index (Phi) is 9.00. The van der Waals surface area contributed by atoms with E-state index in [9.17, 15) is 14.4 Å². The summed E-state index contributed by atoms with van der Waals surface area (Å²) in [4.78, 5) is 40.6. The zero-order valence-corrected chi connectivity index (χ0v) is 24.9. The molecule has 2 aromatic heterocycles. The number of hydrogen-bond acceptors (Lipinski definition) is 9. The molecule has 1 aliphatic heterocycles. The Morgan fingerprint density at radius 2 is 1.82 bits per heavy atom. The van der Waals surface area contributed by atoms with E-state index in [4.69, 9.17) is 28.3 Å². The molecule has 6 radical (unpaired) electrons. The van der Waals surface area contributed by atoms with Gasteiger partial charge in [0.1, 0.15) is 5.69 Å². The topological polar surface area (TPSA) is 155 Å². The molecule has 0 bridgehead atoms. The van der Waals surface area contributed by atoms with E-state index in [1.54, 1.807) is 31.3 Å². The highest BCUT2D eigenvalue weighted by molar-refractivity contribution is 6.60. The Labute approximate surface area is 259 Å². The second kappa shape index (κ2) is 12.7. The van der Waals surface area contributed by atoms with Crippen LogP contribution in [0.5, 0.6) is 5.75 Å². The van der Waals surface area contributed by atoms with Gasteiger partial charge in [0.15, 0.2) is 17.3 Å². The molecule has 3 amide bonds. The molecule has 1 saturated carbocycles. The van der Waals surface area contributed by atoms with Crippen molar-refractivity contribution < 1.29 is 19.1 Å². The number of likely N-dealkylation sites (tertiary alicyclic amines) is 1. The largest absolute Gasteiger partial charge is 0.494 e. The fourth-order valence-corrected chi connectivity index (χ4v) is 5.08. The summed E-state index contributed by atoms with van der Waals surface area (Å²) in [7, 11) is 22.0. The van der Waals surface area contributed by atoms with Crippen LogP contribution in [-0.4, -0.2) is 105 Å². The molecule has 5 rings (SSSR count). The number of anilines is 3. The van der Waals surface area contributed by atoms with Gasteiger partial charge in [0, 0.05) is 37.7 Å². The second-order valence-electron chi connectivity index (χ2n) is 11.3. The average Bonchev–Trinajstić information content (AvgIpc) is 3.63. The third kappa shape index (κ3) is 7.41. The first-order chi connectivity index (χ1) is 20.9. The highest BCUT2D eigenvalue weighted by Crippen LogP contribution is 2.38. The molecule has 44 heavy (non-hydrogen) atoms. The Bertz CT molecular complexity index is 1570. The standard InChI is InChI=1S/C28H32B3N9O4/c1-39-10-9-15(14-39)13-32-26(42)21-11-19(38-40(21)2)17-5-4-6-18(24(17)44-3)33-20-12-22(34-25(41)16-7-8-16)36-37-23(20)27(43)35-28(29,30)31/h4-6,11-12,15-16H,7-10,13-14H2,1-3H3,(H,32,42)(H,35,43)(H2,33,34,36,41). The minimum atomic E-state index is -2.01. The van der Waals surface area contributed by atoms with Gasteiger partial charge in [-0.2, -0.15) is 5.10 Å². The summed E-state index contributed by atoms with van der Waals surface area (Å²) in [6.45, 7) is 2.56. The Balaban J connectivity index is 1.42. The van der Waals surface area contributed by atoms with Gasteiger partial charge < -0.3 is 30.9 Å². The number of hydrogen-bond donors (Lipinski definition) is 4. The number of nitrogens with one attached hydrogen (secondary N) is 4. The van der Waals surface area contributed by atoms with Crippen molar-refractivity contribution in [3.05, 3.63) is 41.7 Å². The fourth-order valence-electron chi connectivity index (χ4n) is 5.08. The molecule has 13 nitrogen and oxygen atoms in total. The van der Waals surface area contributed by atoms with Gasteiger partial charge in [0.05, 0.1) is 47.7 Å². The number of para-hydroxylation sites is 1. The van der Waals surface area contributed by atoms with Crippen LogP contribution in [0.1, 0.15) is 40.2 Å². The summed E-state index contributed by atoms with van der Waals surface area (Å²) < 4.78 is 7.29. The number of aromatic nitrogens is 4. The van der Waals surface area contributed by atoms with Crippen molar-refractivity contribution in [3.8, 4) is 17.0 Å². The van der Waals surface area contributed by atoms with E-state index in [1.165, 1.54) is 17.9 Å². The van der Waals surface area contributed by atoms with Crippen molar-refractivity contribution in [1.82, 2.24) is 35.5 Å². The third-order valence-corrected chi connectivity index (χ3v) is 7.46. The van der Waals surface area contributed by atoms with E-state index in [-0.39, 0.29) is 34.9 Å². The van der Waals surface area contributed by atoms with Gasteiger partial charge >= 0.3 is 0 Å². The van der Waals surface area contributed by atoms with Gasteiger partial charge in [-0.3, -0.25) is 19.1 Å². The quantitative estimate of drug-likeness (QED) is 0.234. The molecule has 2 aliphatic rings. The summed E-state index contributed by atoms with van der Waals surface area (Å²) in [5.41, 5.74) is 1.91. The average molecular weight is 591 g/mol. The highest BCUT2D eigenvalue weighted by Gasteiger charge is 2.30. The molecular weight excluding hydrogens is 559 g/mol. The lowest BCUT2D eigenvalue weighted by Crippen LogP contribution is -2.50. The molecule has 3 aromatic rings. The lowest BCUT2D eigenvalue weighted by molar-refractivity contribution is -0.117. The van der Waals surface area contributed by atoms with Crippen molar-refractivity contribution >= 4 is 58.5 Å². The molecule has 4 N–H and O–H groups in total. The summed E-state index contributed by atoms with van der Waals surface area (Å²) in [5, 5.41) is 21.7. The number of aryl methyl sites for hydroxylation is 1. The molecule has 222 valence electrons. The minimum absolute atomic E-state index is 0.0740. The van der Waals surface area contributed by atoms with E-state index in [0.717, 1.165) is 32.4 Å². The van der Waals surface area contributed by atoms with Gasteiger partial charge in [-0.15, -0.1) is 10.2 Å². The van der Waals surface area contributed by atoms with E-state index in [0.29, 0.717) is 40.9 Å². The van der Waals surface area contributed by atoms with E-state index in [2.05, 4.69) is 48.5 Å². The van der Waals surface area contributed by atoms with E-state index >= 15 is 0 Å². The van der Waals surface area contributed by atoms with Gasteiger partial charge in [0.25, 0.3) is 11.8 Å². The Morgan fingerprint density at radius 1 is 1.05 bits per heavy atom. The van der Waals surface area contributed by atoms with Crippen molar-refractivity contribution in [2.75, 3.05) is 44.4 Å². The minimum Gasteiger partial charge on any atom is -0.494 e. The van der Waals surface area contributed by atoms with E-state index < -0.39 is 11.1 Å². The molecule has 1 unspecified atom stereocenters. The van der Waals surface area contributed by atoms with Gasteiger partial charge in [-0.05, 0) is 57.0 Å². The predicted molar refractivity (Wildman–Crippen MR) is 167 cm³/mol. The number of ether oxygens (including phenoxy) is 1. The smallest absolute Gasteiger partial charge is 0.272 e. The van der Waals surface area contributed by atoms with Crippen molar-refractivity contribution in [2.45, 2.75) is 24.5 Å². The van der Waals surface area contributed by atoms with Crippen LogP contribution < -0.4 is 26.0 Å². The molecule has 1 aliphatic carbocycles. The first-order valence-corrected chi connectivity index (χ1v) is 14.2. The fraction of sp³-hybridized carbons (Fsp3) is 0.429. The van der Waals surface area contributed by atoms with Gasteiger partial charge in [0.2, 0.25) is 5.91 Å². The van der Waals surface area contributed by atoms with Crippen LogP contribution >= 0.6 is 0 Å². The lowest BCUT2D eigenvalue weighted by atomic mass is 9.49. The van der Waals surface area contributed by atoms with Crippen LogP contribution in [-0.2, 0) is 11.8 Å². The van der Waals surface area contributed by atoms with Crippen LogP contribution in [0.4, 0.5) is 17.2 Å². The monoisotopic (exact) mass is 591 g/mol. The van der Waals surface area contributed by atoms with Crippen LogP contribution in [0, 0.1) is 11.8 Å². The molecule has 16 heteroatoms. The van der Waals surface area contributed by atoms with Crippen LogP contribution in [0.3, 0.4) is 0 Å². The normalized spacial score (nSPS) is 16.8. The number of methoxy groups -OCH3 is 1. The molecule has 1 atom stereocenters. The van der Waals surface area contributed by atoms with Gasteiger partial charge in [-0.25, -0.2) is 0 Å². The lowest BCUT2D eigenvalue weighted by Gasteiger charge is -2.23. The summed E-state index contributed by atoms with van der Waals surface area (Å²) >= 11 is 0. The first-order valence-electron chi connectivity index (χ1n) is 14.2. The first kappa shape index (κ1) is 31.1. The predicted octanol–water partition coefficient (Wildman–Crippen LogP) is 0.506. The number of rotatable bonds is 11.